The van der Waals surface area contributed by atoms with Crippen LogP contribution in [0.4, 0.5) is 5.82 Å². The van der Waals surface area contributed by atoms with Gasteiger partial charge in [0.2, 0.25) is 5.82 Å². The van der Waals surface area contributed by atoms with Crippen LogP contribution in [0, 0.1) is 6.92 Å². The van der Waals surface area contributed by atoms with Crippen LogP contribution in [0.3, 0.4) is 0 Å². The van der Waals surface area contributed by atoms with Crippen molar-refractivity contribution in [2.45, 2.75) is 52.5 Å². The third-order valence-electron chi connectivity index (χ3n) is 5.89. The number of tetrazole rings is 1. The van der Waals surface area contributed by atoms with Crippen LogP contribution < -0.4 is 4.90 Å². The zero-order chi connectivity index (χ0) is 22.3. The molecule has 1 aliphatic rings. The minimum absolute atomic E-state index is 0.354. The summed E-state index contributed by atoms with van der Waals surface area (Å²) in [6, 6.07) is 12.1. The van der Waals surface area contributed by atoms with Crippen LogP contribution in [0.15, 0.2) is 36.4 Å². The quantitative estimate of drug-likeness (QED) is 0.477. The van der Waals surface area contributed by atoms with Crippen LogP contribution >= 0.6 is 0 Å². The Kier molecular flexibility index (Phi) is 7.42. The van der Waals surface area contributed by atoms with Crippen LogP contribution in [0.25, 0.3) is 11.4 Å². The third kappa shape index (κ3) is 5.88. The highest BCUT2D eigenvalue weighted by Gasteiger charge is 2.19. The summed E-state index contributed by atoms with van der Waals surface area (Å²) in [5, 5.41) is 12.9. The molecule has 1 saturated heterocycles. The molecule has 32 heavy (non-hydrogen) atoms. The molecule has 0 spiro atoms. The standard InChI is InChI=1S/C24H34N8/c1-19(2)23-25-20(3)18-22(26-23)31-16-14-30(15-17-31)12-8-5-9-13-32-28-24(27-29-32)21-10-6-4-7-11-21/h4,6-7,10-11,18-19H,5,8-9,12-17H2,1-3H3. The summed E-state index contributed by atoms with van der Waals surface area (Å²) in [7, 11) is 0. The van der Waals surface area contributed by atoms with Gasteiger partial charge in [0, 0.05) is 49.4 Å². The van der Waals surface area contributed by atoms with Crippen molar-refractivity contribution in [3.63, 3.8) is 0 Å². The van der Waals surface area contributed by atoms with Crippen molar-refractivity contribution in [2.75, 3.05) is 37.6 Å². The molecule has 8 heteroatoms. The molecule has 1 fully saturated rings. The van der Waals surface area contributed by atoms with Gasteiger partial charge in [-0.05, 0) is 31.5 Å². The second-order valence-electron chi connectivity index (χ2n) is 8.84. The van der Waals surface area contributed by atoms with Crippen molar-refractivity contribution in [1.29, 1.82) is 0 Å². The smallest absolute Gasteiger partial charge is 0.204 e. The number of piperazine rings is 1. The summed E-state index contributed by atoms with van der Waals surface area (Å²) in [5.74, 6) is 3.08. The highest BCUT2D eigenvalue weighted by atomic mass is 15.6. The van der Waals surface area contributed by atoms with Crippen LogP contribution in [0.1, 0.15) is 50.5 Å². The van der Waals surface area contributed by atoms with E-state index in [-0.39, 0.29) is 0 Å². The van der Waals surface area contributed by atoms with Gasteiger partial charge in [0.25, 0.3) is 0 Å². The molecule has 8 nitrogen and oxygen atoms in total. The molecular weight excluding hydrogens is 400 g/mol. The summed E-state index contributed by atoms with van der Waals surface area (Å²) in [6.45, 7) is 12.6. The van der Waals surface area contributed by atoms with Crippen molar-refractivity contribution < 1.29 is 0 Å². The second-order valence-corrected chi connectivity index (χ2v) is 8.84. The molecule has 0 unspecified atom stereocenters. The average molecular weight is 435 g/mol. The number of anilines is 1. The van der Waals surface area contributed by atoms with E-state index in [1.54, 1.807) is 4.80 Å². The van der Waals surface area contributed by atoms with Gasteiger partial charge in [-0.2, -0.15) is 4.80 Å². The summed E-state index contributed by atoms with van der Waals surface area (Å²) in [5.41, 5.74) is 2.06. The van der Waals surface area contributed by atoms with Crippen molar-refractivity contribution in [3.05, 3.63) is 47.9 Å². The lowest BCUT2D eigenvalue weighted by molar-refractivity contribution is 0.250. The summed E-state index contributed by atoms with van der Waals surface area (Å²) >= 11 is 0. The predicted octanol–water partition coefficient (Wildman–Crippen LogP) is 3.55. The maximum Gasteiger partial charge on any atom is 0.204 e. The predicted molar refractivity (Wildman–Crippen MR) is 127 cm³/mol. The lowest BCUT2D eigenvalue weighted by Gasteiger charge is -2.35. The highest BCUT2D eigenvalue weighted by Crippen LogP contribution is 2.19. The molecule has 0 aliphatic carbocycles. The maximum absolute atomic E-state index is 4.80. The Morgan fingerprint density at radius 3 is 2.41 bits per heavy atom. The molecule has 0 atom stereocenters. The van der Waals surface area contributed by atoms with E-state index in [9.17, 15) is 0 Å². The normalized spacial score (nSPS) is 14.9. The fourth-order valence-corrected chi connectivity index (χ4v) is 4.00. The van der Waals surface area contributed by atoms with Crippen molar-refractivity contribution in [3.8, 4) is 11.4 Å². The summed E-state index contributed by atoms with van der Waals surface area (Å²) in [6.07, 6.45) is 3.44. The maximum atomic E-state index is 4.80. The van der Waals surface area contributed by atoms with Gasteiger partial charge >= 0.3 is 0 Å². The molecule has 0 radical (unpaired) electrons. The van der Waals surface area contributed by atoms with Crippen LogP contribution in [-0.4, -0.2) is 67.8 Å². The van der Waals surface area contributed by atoms with Crippen molar-refractivity contribution in [2.24, 2.45) is 0 Å². The number of benzene rings is 1. The number of nitrogens with zero attached hydrogens (tertiary/aromatic N) is 8. The molecule has 0 bridgehead atoms. The number of aryl methyl sites for hydroxylation is 2. The van der Waals surface area contributed by atoms with Crippen molar-refractivity contribution >= 4 is 5.82 Å². The molecule has 0 amide bonds. The SMILES string of the molecule is Cc1cc(N2CCN(CCCCCn3nnc(-c4ccccc4)n3)CC2)nc(C(C)C)n1. The monoisotopic (exact) mass is 434 g/mol. The topological polar surface area (TPSA) is 75.9 Å². The largest absolute Gasteiger partial charge is 0.354 e. The van der Waals surface area contributed by atoms with Gasteiger partial charge < -0.3 is 4.90 Å². The Morgan fingerprint density at radius 1 is 0.906 bits per heavy atom. The van der Waals surface area contributed by atoms with Crippen LogP contribution in [0.5, 0.6) is 0 Å². The van der Waals surface area contributed by atoms with E-state index in [1.165, 1.54) is 12.8 Å². The first-order valence-electron chi connectivity index (χ1n) is 11.7. The zero-order valence-corrected chi connectivity index (χ0v) is 19.5. The third-order valence-corrected chi connectivity index (χ3v) is 5.89. The van der Waals surface area contributed by atoms with Gasteiger partial charge in [0.1, 0.15) is 11.6 Å². The first kappa shape index (κ1) is 22.3. The lowest BCUT2D eigenvalue weighted by Crippen LogP contribution is -2.47. The minimum Gasteiger partial charge on any atom is -0.354 e. The Labute approximate surface area is 190 Å². The second kappa shape index (κ2) is 10.6. The Balaban J connectivity index is 1.15. The van der Waals surface area contributed by atoms with Gasteiger partial charge in [0.15, 0.2) is 0 Å². The number of hydrogen-bond acceptors (Lipinski definition) is 7. The van der Waals surface area contributed by atoms with Gasteiger partial charge in [0.05, 0.1) is 6.54 Å². The Morgan fingerprint density at radius 2 is 1.66 bits per heavy atom. The van der Waals surface area contributed by atoms with Gasteiger partial charge in [-0.1, -0.05) is 50.6 Å². The van der Waals surface area contributed by atoms with E-state index in [0.717, 1.165) is 68.6 Å². The van der Waals surface area contributed by atoms with E-state index < -0.39 is 0 Å². The molecular formula is C24H34N8. The highest BCUT2D eigenvalue weighted by molar-refractivity contribution is 5.52. The fourth-order valence-electron chi connectivity index (χ4n) is 4.00. The Hall–Kier alpha value is -2.87. The van der Waals surface area contributed by atoms with Crippen LogP contribution in [0.2, 0.25) is 0 Å². The fraction of sp³-hybridized carbons (Fsp3) is 0.542. The first-order valence-corrected chi connectivity index (χ1v) is 11.7. The Bertz CT molecular complexity index is 977. The van der Waals surface area contributed by atoms with Crippen molar-refractivity contribution in [1.82, 2.24) is 35.1 Å². The molecule has 3 heterocycles. The molecule has 4 rings (SSSR count). The number of rotatable bonds is 9. The molecule has 0 N–H and O–H groups in total. The minimum atomic E-state index is 0.354. The van der Waals surface area contributed by atoms with E-state index in [1.807, 2.05) is 30.3 Å². The molecule has 2 aromatic heterocycles. The van der Waals surface area contributed by atoms with Gasteiger partial charge in [-0.3, -0.25) is 4.90 Å². The van der Waals surface area contributed by atoms with E-state index in [2.05, 4.69) is 57.0 Å². The zero-order valence-electron chi connectivity index (χ0n) is 19.5. The lowest BCUT2D eigenvalue weighted by atomic mass is 10.2. The number of unbranched alkanes of at least 4 members (excludes halogenated alkanes) is 2. The number of hydrogen-bond donors (Lipinski definition) is 0. The molecule has 1 aromatic carbocycles. The molecule has 3 aromatic rings. The summed E-state index contributed by atoms with van der Waals surface area (Å²) in [4.78, 5) is 16.1. The van der Waals surface area contributed by atoms with E-state index in [0.29, 0.717) is 11.7 Å². The average Bonchev–Trinajstić information content (AvgIpc) is 3.28. The van der Waals surface area contributed by atoms with Crippen LogP contribution in [-0.2, 0) is 6.54 Å². The first-order chi connectivity index (χ1) is 15.6. The van der Waals surface area contributed by atoms with Gasteiger partial charge in [-0.15, -0.1) is 10.2 Å². The van der Waals surface area contributed by atoms with E-state index in [4.69, 9.17) is 4.98 Å². The van der Waals surface area contributed by atoms with Gasteiger partial charge in [-0.25, -0.2) is 9.97 Å². The summed E-state index contributed by atoms with van der Waals surface area (Å²) < 4.78 is 0. The molecule has 1 aliphatic heterocycles. The van der Waals surface area contributed by atoms with E-state index >= 15 is 0 Å². The molecule has 0 saturated carbocycles. The number of aromatic nitrogens is 6. The molecule has 170 valence electrons.